The molecule has 0 spiro atoms. The average molecular weight is 238 g/mol. The van der Waals surface area contributed by atoms with E-state index in [1.54, 1.807) is 11.8 Å². The Balaban J connectivity index is 1.89. The minimum Gasteiger partial charge on any atom is -0.361 e. The zero-order chi connectivity index (χ0) is 11.5. The molecule has 0 atom stereocenters. The molecule has 0 aromatic carbocycles. The van der Waals surface area contributed by atoms with Gasteiger partial charge in [0.25, 0.3) is 0 Å². The first-order valence-electron chi connectivity index (χ1n) is 5.08. The fourth-order valence-corrected chi connectivity index (χ4v) is 2.50. The van der Waals surface area contributed by atoms with E-state index in [9.17, 15) is 0 Å². The zero-order valence-corrected chi connectivity index (χ0v) is 10.4. The Morgan fingerprint density at radius 2 is 1.94 bits per heavy atom. The minimum absolute atomic E-state index is 0.824. The first kappa shape index (κ1) is 11.3. The van der Waals surface area contributed by atoms with Crippen LogP contribution in [-0.4, -0.2) is 10.3 Å². The predicted octanol–water partition coefficient (Wildman–Crippen LogP) is 3.02. The van der Waals surface area contributed by atoms with E-state index in [-0.39, 0.29) is 0 Å². The van der Waals surface area contributed by atoms with E-state index in [2.05, 4.69) is 10.3 Å². The van der Waals surface area contributed by atoms with Gasteiger partial charge in [0.05, 0.1) is 17.1 Å². The molecule has 4 nitrogen and oxygen atoms in total. The molecule has 0 unspecified atom stereocenters. The molecule has 0 aliphatic heterocycles. The van der Waals surface area contributed by atoms with Gasteiger partial charge in [-0.1, -0.05) is 10.3 Å². The van der Waals surface area contributed by atoms with Gasteiger partial charge >= 0.3 is 0 Å². The first-order valence-corrected chi connectivity index (χ1v) is 6.24. The van der Waals surface area contributed by atoms with Crippen LogP contribution in [-0.2, 0) is 11.5 Å². The Morgan fingerprint density at radius 3 is 2.50 bits per heavy atom. The van der Waals surface area contributed by atoms with Crippen LogP contribution in [0.25, 0.3) is 0 Å². The number of nitrogens with zero attached hydrogens (tertiary/aromatic N) is 2. The van der Waals surface area contributed by atoms with E-state index >= 15 is 0 Å². The highest BCUT2D eigenvalue weighted by molar-refractivity contribution is 7.97. The molecule has 2 aromatic heterocycles. The Bertz CT molecular complexity index is 457. The third kappa shape index (κ3) is 2.47. The van der Waals surface area contributed by atoms with Crippen molar-refractivity contribution in [1.29, 1.82) is 0 Å². The van der Waals surface area contributed by atoms with Gasteiger partial charge in [0.15, 0.2) is 0 Å². The highest BCUT2D eigenvalue weighted by Gasteiger charge is 2.09. The third-order valence-corrected chi connectivity index (χ3v) is 3.33. The summed E-state index contributed by atoms with van der Waals surface area (Å²) in [5.41, 5.74) is 3.08. The molecule has 16 heavy (non-hydrogen) atoms. The summed E-state index contributed by atoms with van der Waals surface area (Å²) in [6.07, 6.45) is 0. The largest absolute Gasteiger partial charge is 0.361 e. The summed E-state index contributed by atoms with van der Waals surface area (Å²) in [7, 11) is 0. The lowest BCUT2D eigenvalue weighted by atomic mass is 10.2. The van der Waals surface area contributed by atoms with Gasteiger partial charge in [-0.15, -0.1) is 11.8 Å². The molecule has 0 N–H and O–H groups in total. The monoisotopic (exact) mass is 238 g/mol. The van der Waals surface area contributed by atoms with Crippen molar-refractivity contribution in [2.24, 2.45) is 0 Å². The molecule has 0 radical (unpaired) electrons. The highest BCUT2D eigenvalue weighted by Crippen LogP contribution is 2.22. The van der Waals surface area contributed by atoms with Crippen LogP contribution >= 0.6 is 11.8 Å². The van der Waals surface area contributed by atoms with E-state index in [1.807, 2.05) is 26.8 Å². The molecule has 2 rings (SSSR count). The maximum Gasteiger partial charge on any atom is 0.146 e. The molecule has 0 amide bonds. The van der Waals surface area contributed by atoms with Crippen LogP contribution < -0.4 is 0 Å². The van der Waals surface area contributed by atoms with Crippen molar-refractivity contribution < 1.29 is 9.05 Å². The second-order valence-electron chi connectivity index (χ2n) is 3.73. The smallest absolute Gasteiger partial charge is 0.146 e. The Labute approximate surface area is 98.4 Å². The van der Waals surface area contributed by atoms with E-state index in [4.69, 9.17) is 9.05 Å². The van der Waals surface area contributed by atoms with E-state index in [0.29, 0.717) is 0 Å². The van der Waals surface area contributed by atoms with Gasteiger partial charge in [-0.05, 0) is 20.8 Å². The van der Waals surface area contributed by atoms with Crippen LogP contribution in [0.1, 0.15) is 28.5 Å². The SMILES string of the molecule is Cc1cc(CSCc2c(C)noc2C)on1. The molecule has 2 heterocycles. The minimum atomic E-state index is 0.824. The number of hydrogen-bond acceptors (Lipinski definition) is 5. The summed E-state index contributed by atoms with van der Waals surface area (Å²) in [4.78, 5) is 0. The van der Waals surface area contributed by atoms with E-state index in [1.165, 1.54) is 5.56 Å². The molecule has 0 aliphatic rings. The van der Waals surface area contributed by atoms with Crippen LogP contribution in [0.4, 0.5) is 0 Å². The van der Waals surface area contributed by atoms with Crippen LogP contribution in [0, 0.1) is 20.8 Å². The summed E-state index contributed by atoms with van der Waals surface area (Å²) >= 11 is 1.77. The predicted molar refractivity (Wildman–Crippen MR) is 62.2 cm³/mol. The normalized spacial score (nSPS) is 10.9. The van der Waals surface area contributed by atoms with Gasteiger partial charge in [-0.25, -0.2) is 0 Å². The third-order valence-electron chi connectivity index (χ3n) is 2.35. The second-order valence-corrected chi connectivity index (χ2v) is 4.72. The summed E-state index contributed by atoms with van der Waals surface area (Å²) in [6, 6.07) is 1.96. The molecule has 2 aromatic rings. The standard InChI is InChI=1S/C11H14N2O2S/c1-7-4-10(15-12-7)5-16-6-11-8(2)13-14-9(11)3/h4H,5-6H2,1-3H3. The lowest BCUT2D eigenvalue weighted by Crippen LogP contribution is -1.85. The number of aryl methyl sites for hydroxylation is 3. The van der Waals surface area contributed by atoms with Crippen molar-refractivity contribution in [3.63, 3.8) is 0 Å². The topological polar surface area (TPSA) is 52.1 Å². The summed E-state index contributed by atoms with van der Waals surface area (Å²) in [5.74, 6) is 3.53. The Hall–Kier alpha value is -1.23. The number of aromatic nitrogens is 2. The fourth-order valence-electron chi connectivity index (χ4n) is 1.45. The van der Waals surface area contributed by atoms with Crippen molar-refractivity contribution in [3.8, 4) is 0 Å². The van der Waals surface area contributed by atoms with Crippen LogP contribution in [0.15, 0.2) is 15.1 Å². The van der Waals surface area contributed by atoms with Gasteiger partial charge in [0.2, 0.25) is 0 Å². The molecule has 86 valence electrons. The summed E-state index contributed by atoms with van der Waals surface area (Å²) in [6.45, 7) is 5.82. The van der Waals surface area contributed by atoms with Crippen molar-refractivity contribution in [1.82, 2.24) is 10.3 Å². The van der Waals surface area contributed by atoms with E-state index < -0.39 is 0 Å². The Kier molecular flexibility index (Phi) is 3.33. The molecule has 5 heteroatoms. The average Bonchev–Trinajstić information content (AvgIpc) is 2.78. The van der Waals surface area contributed by atoms with Crippen molar-refractivity contribution in [2.45, 2.75) is 32.3 Å². The van der Waals surface area contributed by atoms with Gasteiger partial charge in [0, 0.05) is 17.4 Å². The quantitative estimate of drug-likeness (QED) is 0.819. The van der Waals surface area contributed by atoms with E-state index in [0.717, 1.165) is 34.4 Å². The van der Waals surface area contributed by atoms with Gasteiger partial charge in [0.1, 0.15) is 11.5 Å². The summed E-state index contributed by atoms with van der Waals surface area (Å²) in [5, 5.41) is 7.77. The molecule has 0 fully saturated rings. The van der Waals surface area contributed by atoms with Gasteiger partial charge in [-0.2, -0.15) is 0 Å². The zero-order valence-electron chi connectivity index (χ0n) is 9.61. The van der Waals surface area contributed by atoms with Crippen molar-refractivity contribution in [3.05, 3.63) is 34.5 Å². The molecule has 0 saturated carbocycles. The second kappa shape index (κ2) is 4.74. The molecule has 0 saturated heterocycles. The molecular weight excluding hydrogens is 224 g/mol. The maximum absolute atomic E-state index is 5.13. The lowest BCUT2D eigenvalue weighted by molar-refractivity contribution is 0.390. The molecule has 0 aliphatic carbocycles. The van der Waals surface area contributed by atoms with Crippen LogP contribution in [0.2, 0.25) is 0 Å². The van der Waals surface area contributed by atoms with Crippen molar-refractivity contribution >= 4 is 11.8 Å². The number of rotatable bonds is 4. The molecule has 0 bridgehead atoms. The van der Waals surface area contributed by atoms with Gasteiger partial charge in [-0.3, -0.25) is 0 Å². The van der Waals surface area contributed by atoms with Crippen LogP contribution in [0.3, 0.4) is 0 Å². The Morgan fingerprint density at radius 1 is 1.12 bits per heavy atom. The van der Waals surface area contributed by atoms with Crippen molar-refractivity contribution in [2.75, 3.05) is 0 Å². The number of thioether (sulfide) groups is 1. The van der Waals surface area contributed by atoms with Gasteiger partial charge < -0.3 is 9.05 Å². The summed E-state index contributed by atoms with van der Waals surface area (Å²) < 4.78 is 10.2. The molecular formula is C11H14N2O2S. The number of hydrogen-bond donors (Lipinski definition) is 0. The lowest BCUT2D eigenvalue weighted by Gasteiger charge is -1.97. The maximum atomic E-state index is 5.13. The first-order chi connectivity index (χ1) is 7.66. The highest BCUT2D eigenvalue weighted by atomic mass is 32.2. The van der Waals surface area contributed by atoms with Crippen LogP contribution in [0.5, 0.6) is 0 Å². The fraction of sp³-hybridized carbons (Fsp3) is 0.455.